The van der Waals surface area contributed by atoms with E-state index in [1.54, 1.807) is 13.8 Å². The lowest BCUT2D eigenvalue weighted by atomic mass is 9.96. The van der Waals surface area contributed by atoms with Crippen LogP contribution in [-0.4, -0.2) is 43.7 Å². The van der Waals surface area contributed by atoms with E-state index in [-0.39, 0.29) is 24.9 Å². The van der Waals surface area contributed by atoms with Crippen molar-refractivity contribution in [3.63, 3.8) is 0 Å². The van der Waals surface area contributed by atoms with Crippen LogP contribution in [0.5, 0.6) is 0 Å². The highest BCUT2D eigenvalue weighted by Gasteiger charge is 2.21. The Hall–Kier alpha value is -1.99. The molecule has 1 atom stereocenters. The van der Waals surface area contributed by atoms with Crippen LogP contribution < -0.4 is 5.32 Å². The van der Waals surface area contributed by atoms with Crippen LogP contribution in [0.4, 0.5) is 0 Å². The van der Waals surface area contributed by atoms with Gasteiger partial charge >= 0.3 is 5.97 Å². The second-order valence-corrected chi connectivity index (χ2v) is 4.00. The summed E-state index contributed by atoms with van der Waals surface area (Å²) in [5.41, 5.74) is 0. The number of amides is 1. The maximum absolute atomic E-state index is 11.4. The first kappa shape index (κ1) is 13.1. The molecule has 0 aliphatic rings. The summed E-state index contributed by atoms with van der Waals surface area (Å²) < 4.78 is 1.26. The van der Waals surface area contributed by atoms with Gasteiger partial charge in [0, 0.05) is 6.54 Å². The molecule has 17 heavy (non-hydrogen) atoms. The van der Waals surface area contributed by atoms with Gasteiger partial charge in [-0.1, -0.05) is 13.8 Å². The number of carboxylic acid groups (broad SMARTS) is 1. The van der Waals surface area contributed by atoms with Gasteiger partial charge in [-0.3, -0.25) is 9.59 Å². The van der Waals surface area contributed by atoms with Gasteiger partial charge in [-0.05, 0) is 16.3 Å². The maximum Gasteiger partial charge on any atom is 0.308 e. The molecule has 8 heteroatoms. The number of carbonyl (C=O) groups is 2. The lowest BCUT2D eigenvalue weighted by Gasteiger charge is -2.16. The van der Waals surface area contributed by atoms with Crippen LogP contribution >= 0.6 is 0 Å². The molecule has 0 aromatic carbocycles. The van der Waals surface area contributed by atoms with Gasteiger partial charge in [0.15, 0.2) is 0 Å². The lowest BCUT2D eigenvalue weighted by Crippen LogP contribution is -2.37. The van der Waals surface area contributed by atoms with Crippen LogP contribution in [0.1, 0.15) is 13.8 Å². The standard InChI is InChI=1S/C9H15N5O3/c1-6(2)7(9(16)17)3-10-8(15)4-14-5-11-12-13-14/h5-7H,3-4H2,1-2H3,(H,10,15)(H,16,17). The largest absolute Gasteiger partial charge is 0.481 e. The summed E-state index contributed by atoms with van der Waals surface area (Å²) in [7, 11) is 0. The first-order chi connectivity index (χ1) is 8.00. The number of aromatic nitrogens is 4. The third kappa shape index (κ3) is 4.17. The van der Waals surface area contributed by atoms with Crippen molar-refractivity contribution in [2.75, 3.05) is 6.54 Å². The number of nitrogens with one attached hydrogen (secondary N) is 1. The van der Waals surface area contributed by atoms with E-state index in [9.17, 15) is 9.59 Å². The zero-order valence-corrected chi connectivity index (χ0v) is 9.70. The molecule has 2 N–H and O–H groups in total. The number of carbonyl (C=O) groups excluding carboxylic acids is 1. The third-order valence-corrected chi connectivity index (χ3v) is 2.34. The van der Waals surface area contributed by atoms with E-state index in [0.29, 0.717) is 0 Å². The summed E-state index contributed by atoms with van der Waals surface area (Å²) in [6.07, 6.45) is 1.32. The predicted octanol–water partition coefficient (Wildman–Crippen LogP) is -0.854. The number of hydrogen-bond acceptors (Lipinski definition) is 5. The van der Waals surface area contributed by atoms with E-state index in [2.05, 4.69) is 20.8 Å². The van der Waals surface area contributed by atoms with Gasteiger partial charge in [0.2, 0.25) is 5.91 Å². The molecule has 1 amide bonds. The topological polar surface area (TPSA) is 110 Å². The second-order valence-electron chi connectivity index (χ2n) is 4.00. The SMILES string of the molecule is CC(C)C(CNC(=O)Cn1cnnn1)C(=O)O. The van der Waals surface area contributed by atoms with Crippen LogP contribution in [0.3, 0.4) is 0 Å². The van der Waals surface area contributed by atoms with Crippen LogP contribution in [0.2, 0.25) is 0 Å². The first-order valence-corrected chi connectivity index (χ1v) is 5.21. The Morgan fingerprint density at radius 2 is 2.18 bits per heavy atom. The van der Waals surface area contributed by atoms with Crippen molar-refractivity contribution in [2.24, 2.45) is 11.8 Å². The number of aliphatic carboxylic acids is 1. The van der Waals surface area contributed by atoms with Gasteiger partial charge in [-0.15, -0.1) is 5.10 Å². The minimum absolute atomic E-state index is 0.0164. The molecular weight excluding hydrogens is 226 g/mol. The average Bonchev–Trinajstić information content (AvgIpc) is 2.69. The fraction of sp³-hybridized carbons (Fsp3) is 0.667. The first-order valence-electron chi connectivity index (χ1n) is 5.21. The van der Waals surface area contributed by atoms with Gasteiger partial charge in [0.05, 0.1) is 5.92 Å². The molecule has 8 nitrogen and oxygen atoms in total. The molecule has 94 valence electrons. The van der Waals surface area contributed by atoms with E-state index in [0.717, 1.165) is 0 Å². The Morgan fingerprint density at radius 1 is 1.47 bits per heavy atom. The van der Waals surface area contributed by atoms with Crippen molar-refractivity contribution >= 4 is 11.9 Å². The molecule has 0 saturated carbocycles. The summed E-state index contributed by atoms with van der Waals surface area (Å²) in [5.74, 6) is -1.86. The summed E-state index contributed by atoms with van der Waals surface area (Å²) >= 11 is 0. The minimum Gasteiger partial charge on any atom is -0.481 e. The highest BCUT2D eigenvalue weighted by atomic mass is 16.4. The van der Waals surface area contributed by atoms with Crippen molar-refractivity contribution in [3.8, 4) is 0 Å². The van der Waals surface area contributed by atoms with Gasteiger partial charge in [-0.2, -0.15) is 0 Å². The molecule has 0 fully saturated rings. The zero-order chi connectivity index (χ0) is 12.8. The molecule has 0 saturated heterocycles. The van der Waals surface area contributed by atoms with E-state index in [4.69, 9.17) is 5.11 Å². The predicted molar refractivity (Wildman–Crippen MR) is 56.8 cm³/mol. The molecule has 0 aliphatic heterocycles. The number of tetrazole rings is 1. The highest BCUT2D eigenvalue weighted by molar-refractivity contribution is 5.77. The summed E-state index contributed by atoms with van der Waals surface area (Å²) in [6.45, 7) is 3.68. The molecule has 1 rings (SSSR count). The van der Waals surface area contributed by atoms with E-state index in [1.807, 2.05) is 0 Å². The quantitative estimate of drug-likeness (QED) is 0.671. The Labute approximate surface area is 98.0 Å². The molecule has 0 bridgehead atoms. The van der Waals surface area contributed by atoms with Crippen LogP contribution in [0.25, 0.3) is 0 Å². The van der Waals surface area contributed by atoms with Crippen LogP contribution in [0, 0.1) is 11.8 Å². The zero-order valence-electron chi connectivity index (χ0n) is 9.70. The van der Waals surface area contributed by atoms with Crippen molar-refractivity contribution in [1.82, 2.24) is 25.5 Å². The van der Waals surface area contributed by atoms with Crippen molar-refractivity contribution in [2.45, 2.75) is 20.4 Å². The molecular formula is C9H15N5O3. The molecule has 0 aliphatic carbocycles. The minimum atomic E-state index is -0.914. The highest BCUT2D eigenvalue weighted by Crippen LogP contribution is 2.09. The van der Waals surface area contributed by atoms with E-state index < -0.39 is 11.9 Å². The molecule has 1 heterocycles. The van der Waals surface area contributed by atoms with Gasteiger partial charge in [-0.25, -0.2) is 4.68 Å². The van der Waals surface area contributed by atoms with Crippen molar-refractivity contribution in [3.05, 3.63) is 6.33 Å². The van der Waals surface area contributed by atoms with E-state index >= 15 is 0 Å². The maximum atomic E-state index is 11.4. The molecule has 1 aromatic rings. The molecule has 1 unspecified atom stereocenters. The second kappa shape index (κ2) is 5.92. The van der Waals surface area contributed by atoms with Gasteiger partial charge in [0.25, 0.3) is 0 Å². The summed E-state index contributed by atoms with van der Waals surface area (Å²) in [5, 5.41) is 21.8. The van der Waals surface area contributed by atoms with Gasteiger partial charge < -0.3 is 10.4 Å². The Morgan fingerprint density at radius 3 is 2.65 bits per heavy atom. The van der Waals surface area contributed by atoms with Crippen molar-refractivity contribution in [1.29, 1.82) is 0 Å². The smallest absolute Gasteiger partial charge is 0.308 e. The Kier molecular flexibility index (Phi) is 4.56. The fourth-order valence-electron chi connectivity index (χ4n) is 1.29. The number of hydrogen-bond donors (Lipinski definition) is 2. The average molecular weight is 241 g/mol. The Balaban J connectivity index is 2.39. The molecule has 0 radical (unpaired) electrons. The normalized spacial score (nSPS) is 12.4. The fourth-order valence-corrected chi connectivity index (χ4v) is 1.29. The number of carboxylic acids is 1. The Bertz CT molecular complexity index is 376. The molecule has 1 aromatic heterocycles. The van der Waals surface area contributed by atoms with Crippen LogP contribution in [-0.2, 0) is 16.1 Å². The number of nitrogens with zero attached hydrogens (tertiary/aromatic N) is 4. The third-order valence-electron chi connectivity index (χ3n) is 2.34. The number of rotatable bonds is 6. The van der Waals surface area contributed by atoms with Gasteiger partial charge in [0.1, 0.15) is 12.9 Å². The van der Waals surface area contributed by atoms with E-state index in [1.165, 1.54) is 11.0 Å². The summed E-state index contributed by atoms with van der Waals surface area (Å²) in [6, 6.07) is 0. The lowest BCUT2D eigenvalue weighted by molar-refractivity contribution is -0.143. The monoisotopic (exact) mass is 241 g/mol. The van der Waals surface area contributed by atoms with Crippen molar-refractivity contribution < 1.29 is 14.7 Å². The summed E-state index contributed by atoms with van der Waals surface area (Å²) in [4.78, 5) is 22.3. The van der Waals surface area contributed by atoms with Crippen LogP contribution in [0.15, 0.2) is 6.33 Å². The molecule has 0 spiro atoms.